The fourth-order valence-corrected chi connectivity index (χ4v) is 9.82. The summed E-state index contributed by atoms with van der Waals surface area (Å²) < 4.78 is 11.4. The molecule has 5 heteroatoms. The van der Waals surface area contributed by atoms with Crippen molar-refractivity contribution in [3.63, 3.8) is 0 Å². The lowest BCUT2D eigenvalue weighted by atomic mass is 9.36. The fourth-order valence-electron chi connectivity index (χ4n) is 9.82. The van der Waals surface area contributed by atoms with E-state index >= 15 is 0 Å². The molecule has 0 bridgehead atoms. The molecule has 1 aliphatic heterocycles. The molecule has 0 aromatic heterocycles. The number of hydrogen-bond donors (Lipinski definition) is 0. The lowest BCUT2D eigenvalue weighted by Crippen LogP contribution is -2.68. The van der Waals surface area contributed by atoms with Gasteiger partial charge in [0.25, 0.3) is 0 Å². The van der Waals surface area contributed by atoms with Crippen LogP contribution in [0.1, 0.15) is 93.9 Å². The van der Waals surface area contributed by atoms with Gasteiger partial charge in [-0.2, -0.15) is 0 Å². The van der Waals surface area contributed by atoms with Crippen LogP contribution in [-0.2, 0) is 23.9 Å². The zero-order valence-electron chi connectivity index (χ0n) is 23.8. The number of esters is 2. The smallest absolute Gasteiger partial charge is 0.311 e. The molecule has 0 radical (unpaired) electrons. The Kier molecular flexibility index (Phi) is 6.66. The third-order valence-electron chi connectivity index (χ3n) is 11.4. The maximum atomic E-state index is 13.1. The van der Waals surface area contributed by atoms with Crippen LogP contribution in [0, 0.1) is 45.3 Å². The van der Waals surface area contributed by atoms with Gasteiger partial charge in [0, 0.05) is 5.92 Å². The molecule has 1 heterocycles. The van der Waals surface area contributed by atoms with Crippen LogP contribution in [-0.4, -0.2) is 30.9 Å². The van der Waals surface area contributed by atoms with Crippen molar-refractivity contribution in [3.8, 4) is 0 Å². The Morgan fingerprint density at radius 2 is 1.67 bits per heavy atom. The molecule has 0 unspecified atom stereocenters. The number of ether oxygens (including phenoxy) is 2. The summed E-state index contributed by atoms with van der Waals surface area (Å²) in [6.45, 7) is 17.1. The van der Waals surface area contributed by atoms with E-state index in [2.05, 4.69) is 27.7 Å². The summed E-state index contributed by atoms with van der Waals surface area (Å²) in [6.07, 6.45) is 8.63. The van der Waals surface area contributed by atoms with E-state index in [-0.39, 0.29) is 51.9 Å². The van der Waals surface area contributed by atoms with Gasteiger partial charge in [0.05, 0.1) is 18.9 Å². The van der Waals surface area contributed by atoms with E-state index in [1.54, 1.807) is 6.08 Å². The predicted octanol–water partition coefficient (Wildman–Crippen LogP) is 6.46. The summed E-state index contributed by atoms with van der Waals surface area (Å²) >= 11 is 0. The van der Waals surface area contributed by atoms with Crippen molar-refractivity contribution in [2.75, 3.05) is 7.11 Å². The summed E-state index contributed by atoms with van der Waals surface area (Å²) in [5.41, 5.74) is 1.22. The highest BCUT2D eigenvalue weighted by molar-refractivity contribution is 6.00. The van der Waals surface area contributed by atoms with Gasteiger partial charge >= 0.3 is 11.9 Å². The van der Waals surface area contributed by atoms with Crippen molar-refractivity contribution in [2.24, 2.45) is 45.3 Å². The number of rotatable bonds is 5. The molecule has 5 nitrogen and oxygen atoms in total. The summed E-state index contributed by atoms with van der Waals surface area (Å²) in [4.78, 5) is 38.5. The number of hydrogen-bond acceptors (Lipinski definition) is 5. The van der Waals surface area contributed by atoms with Crippen molar-refractivity contribution in [1.29, 1.82) is 0 Å². The first-order valence-corrected chi connectivity index (χ1v) is 13.8. The molecule has 36 heavy (non-hydrogen) atoms. The van der Waals surface area contributed by atoms with E-state index in [0.29, 0.717) is 18.3 Å². The molecule has 3 saturated carbocycles. The minimum absolute atomic E-state index is 0.0162. The average molecular weight is 499 g/mol. The van der Waals surface area contributed by atoms with E-state index in [1.807, 2.05) is 33.8 Å². The standard InChI is InChI=1S/C31H46O5/c1-18(2)14-20(32)15-19(3)21-10-12-30(7)22(21)16-23-26-29(6,17-25(33)36-23)24(11-13-31(26,30)8)28(4,5)27(34)35-9/h14-15,21-24,26H,10-13,16-17H2,1-9H3/b19-15+/t21-,22-,23-,24+,26-,29+,30-,31-/m1/s1. The second-order valence-corrected chi connectivity index (χ2v) is 13.8. The molecular weight excluding hydrogens is 452 g/mol. The predicted molar refractivity (Wildman–Crippen MR) is 140 cm³/mol. The Balaban J connectivity index is 1.75. The zero-order valence-corrected chi connectivity index (χ0v) is 23.8. The van der Waals surface area contributed by atoms with E-state index < -0.39 is 5.41 Å². The van der Waals surface area contributed by atoms with Gasteiger partial charge in [-0.3, -0.25) is 14.4 Å². The lowest BCUT2D eigenvalue weighted by molar-refractivity contribution is -0.259. The zero-order chi connectivity index (χ0) is 26.8. The maximum Gasteiger partial charge on any atom is 0.311 e. The van der Waals surface area contributed by atoms with Gasteiger partial charge in [-0.25, -0.2) is 0 Å². The fraction of sp³-hybridized carbons (Fsp3) is 0.774. The van der Waals surface area contributed by atoms with Crippen LogP contribution in [0.4, 0.5) is 0 Å². The summed E-state index contributed by atoms with van der Waals surface area (Å²) in [5.74, 6) is 0.642. The quantitative estimate of drug-likeness (QED) is 0.321. The summed E-state index contributed by atoms with van der Waals surface area (Å²) in [6, 6.07) is 0. The SMILES string of the molecule is COC(=O)C(C)(C)[C@@H]1CC[C@]2(C)[C@@H]3[C@@H](C[C@@H]4[C@@H](/C(C)=C/C(=O)C=C(C)C)CC[C@]42C)OC(=O)C[C@]31C. The molecular formula is C31H46O5. The van der Waals surface area contributed by atoms with Crippen molar-refractivity contribution in [1.82, 2.24) is 0 Å². The first-order valence-electron chi connectivity index (χ1n) is 13.8. The molecule has 0 N–H and O–H groups in total. The Bertz CT molecular complexity index is 1020. The van der Waals surface area contributed by atoms with Crippen LogP contribution in [0.15, 0.2) is 23.3 Å². The van der Waals surface area contributed by atoms with E-state index in [1.165, 1.54) is 7.11 Å². The van der Waals surface area contributed by atoms with Crippen LogP contribution >= 0.6 is 0 Å². The lowest BCUT2D eigenvalue weighted by Gasteiger charge is -2.70. The Labute approximate surface area is 217 Å². The largest absolute Gasteiger partial charge is 0.469 e. The maximum absolute atomic E-state index is 13.1. The van der Waals surface area contributed by atoms with Crippen molar-refractivity contribution < 1.29 is 23.9 Å². The topological polar surface area (TPSA) is 69.7 Å². The molecule has 0 spiro atoms. The highest BCUT2D eigenvalue weighted by atomic mass is 16.5. The summed E-state index contributed by atoms with van der Waals surface area (Å²) in [7, 11) is 1.46. The molecule has 0 aromatic rings. The first kappa shape index (κ1) is 27.1. The van der Waals surface area contributed by atoms with Crippen LogP contribution in [0.25, 0.3) is 0 Å². The normalized spacial score (nSPS) is 42.1. The molecule has 0 amide bonds. The third kappa shape index (κ3) is 3.82. The van der Waals surface area contributed by atoms with Gasteiger partial charge in [-0.1, -0.05) is 31.9 Å². The Hall–Kier alpha value is -1.91. The number of carbonyl (C=O) groups is 3. The number of fused-ring (bicyclic) bond motifs is 2. The van der Waals surface area contributed by atoms with Gasteiger partial charge in [-0.15, -0.1) is 0 Å². The number of allylic oxidation sites excluding steroid dienone is 4. The third-order valence-corrected chi connectivity index (χ3v) is 11.4. The monoisotopic (exact) mass is 498 g/mol. The molecule has 4 fully saturated rings. The van der Waals surface area contributed by atoms with Crippen molar-refractivity contribution in [2.45, 2.75) is 100 Å². The summed E-state index contributed by atoms with van der Waals surface area (Å²) in [5, 5.41) is 0. The van der Waals surface area contributed by atoms with E-state index in [0.717, 1.165) is 43.3 Å². The minimum Gasteiger partial charge on any atom is -0.469 e. The van der Waals surface area contributed by atoms with Crippen LogP contribution in [0.2, 0.25) is 0 Å². The van der Waals surface area contributed by atoms with Gasteiger partial charge in [0.15, 0.2) is 5.78 Å². The average Bonchev–Trinajstić information content (AvgIpc) is 3.09. The van der Waals surface area contributed by atoms with Crippen molar-refractivity contribution in [3.05, 3.63) is 23.3 Å². The number of methoxy groups -OCH3 is 1. The minimum atomic E-state index is -0.673. The van der Waals surface area contributed by atoms with Crippen molar-refractivity contribution >= 4 is 17.7 Å². The van der Waals surface area contributed by atoms with Gasteiger partial charge in [0.2, 0.25) is 0 Å². The molecule has 4 rings (SSSR count). The molecule has 0 aromatic carbocycles. The number of ketones is 1. The second-order valence-electron chi connectivity index (χ2n) is 13.8. The Morgan fingerprint density at radius 1 is 1.03 bits per heavy atom. The molecule has 4 aliphatic rings. The highest BCUT2D eigenvalue weighted by Gasteiger charge is 2.72. The first-order chi connectivity index (χ1) is 16.6. The van der Waals surface area contributed by atoms with Gasteiger partial charge in [-0.05, 0) is 113 Å². The van der Waals surface area contributed by atoms with Crippen LogP contribution < -0.4 is 0 Å². The second kappa shape index (κ2) is 8.84. The van der Waals surface area contributed by atoms with Gasteiger partial charge < -0.3 is 9.47 Å². The Morgan fingerprint density at radius 3 is 2.28 bits per heavy atom. The molecule has 200 valence electrons. The number of carbonyl (C=O) groups excluding carboxylic acids is 3. The van der Waals surface area contributed by atoms with Crippen LogP contribution in [0.5, 0.6) is 0 Å². The molecule has 8 atom stereocenters. The van der Waals surface area contributed by atoms with Gasteiger partial charge in [0.1, 0.15) is 6.10 Å². The van der Waals surface area contributed by atoms with E-state index in [4.69, 9.17) is 9.47 Å². The molecule has 1 saturated heterocycles. The van der Waals surface area contributed by atoms with E-state index in [9.17, 15) is 14.4 Å². The highest BCUT2D eigenvalue weighted by Crippen LogP contribution is 2.75. The molecule has 3 aliphatic carbocycles. The van der Waals surface area contributed by atoms with Crippen LogP contribution in [0.3, 0.4) is 0 Å².